The average molecular weight is 788 g/mol. The number of carbonyl (C=O) groups is 3. The number of rotatable bonds is 7. The lowest BCUT2D eigenvalue weighted by atomic mass is 9.68. The molecule has 56 heavy (non-hydrogen) atoms. The zero-order chi connectivity index (χ0) is 41.1. The molecule has 17 heteroatoms. The first-order valence-corrected chi connectivity index (χ1v) is 18.2. The number of fused-ring (bicyclic) bond motifs is 8. The van der Waals surface area contributed by atoms with Gasteiger partial charge >= 0.3 is 5.97 Å². The van der Waals surface area contributed by atoms with Gasteiger partial charge in [-0.25, -0.2) is 0 Å². The highest BCUT2D eigenvalue weighted by atomic mass is 16.7. The highest BCUT2D eigenvalue weighted by Crippen LogP contribution is 2.56. The van der Waals surface area contributed by atoms with Crippen molar-refractivity contribution in [2.75, 3.05) is 42.5 Å². The lowest BCUT2D eigenvalue weighted by molar-refractivity contribution is -0.345. The van der Waals surface area contributed by atoms with Crippen molar-refractivity contribution in [1.82, 2.24) is 4.90 Å². The molecule has 3 aliphatic heterocycles. The molecule has 0 spiro atoms. The van der Waals surface area contributed by atoms with E-state index in [1.54, 1.807) is 32.8 Å². The molecule has 2 fully saturated rings. The molecule has 17 nitrogen and oxygen atoms in total. The maximum Gasteiger partial charge on any atom is 0.316 e. The molecule has 306 valence electrons. The summed E-state index contributed by atoms with van der Waals surface area (Å²) >= 11 is 0. The van der Waals surface area contributed by atoms with Gasteiger partial charge in [-0.3, -0.25) is 14.4 Å². The fourth-order valence-electron chi connectivity index (χ4n) is 9.68. The van der Waals surface area contributed by atoms with Gasteiger partial charge in [-0.1, -0.05) is 0 Å². The quantitative estimate of drug-likeness (QED) is 0.212. The number of phenolic OH excluding ortho intramolecular Hbond substituents is 2. The Bertz CT molecular complexity index is 1980. The largest absolute Gasteiger partial charge is 0.507 e. The van der Waals surface area contributed by atoms with Gasteiger partial charge in [0, 0.05) is 44.4 Å². The number of hydrogen-bond donors (Lipinski definition) is 5. The monoisotopic (exact) mass is 787 g/mol. The summed E-state index contributed by atoms with van der Waals surface area (Å²) in [5.74, 6) is -5.85. The van der Waals surface area contributed by atoms with Crippen LogP contribution in [0.3, 0.4) is 0 Å². The van der Waals surface area contributed by atoms with E-state index in [-0.39, 0.29) is 34.4 Å². The fraction of sp³-hybridized carbons (Fsp3) is 0.615. The summed E-state index contributed by atoms with van der Waals surface area (Å²) in [4.78, 5) is 44.4. The summed E-state index contributed by atoms with van der Waals surface area (Å²) < 4.78 is 47.4. The van der Waals surface area contributed by atoms with E-state index in [2.05, 4.69) is 0 Å². The van der Waals surface area contributed by atoms with Crippen LogP contribution < -0.4 is 4.74 Å². The van der Waals surface area contributed by atoms with Gasteiger partial charge in [-0.05, 0) is 59.5 Å². The van der Waals surface area contributed by atoms with Crippen LogP contribution in [0.5, 0.6) is 17.2 Å². The molecule has 2 saturated heterocycles. The number of aromatic hydroxyl groups is 2. The minimum atomic E-state index is -1.91. The number of aliphatic hydroxyl groups is 3. The van der Waals surface area contributed by atoms with Crippen LogP contribution in [0.15, 0.2) is 12.1 Å². The smallest absolute Gasteiger partial charge is 0.316 e. The van der Waals surface area contributed by atoms with Gasteiger partial charge in [0.1, 0.15) is 58.8 Å². The van der Waals surface area contributed by atoms with Gasteiger partial charge in [0.2, 0.25) is 12.1 Å². The minimum Gasteiger partial charge on any atom is -0.507 e. The maximum atomic E-state index is 14.8. The van der Waals surface area contributed by atoms with Crippen molar-refractivity contribution < 1.29 is 77.8 Å². The van der Waals surface area contributed by atoms with Gasteiger partial charge in [0.15, 0.2) is 12.1 Å². The molecule has 0 amide bonds. The van der Waals surface area contributed by atoms with Gasteiger partial charge in [-0.2, -0.15) is 0 Å². The second kappa shape index (κ2) is 13.7. The SMILES string of the molecule is COC(=O)[C@@H]1c2cc3c(c(O)c2[C@@H](O[C@@H]2O[C@H](C)[C@H](OC)[C@](C)(OC)[C@@H]2OC)C[C@]1(C)O)C(=O)c1c(O)cc2c(c1C3=O)O[C@H]1O[C@@]2(C)[C@H](O)[C@@H](N(C)C)[C@H]1O. The lowest BCUT2D eigenvalue weighted by Gasteiger charge is -2.53. The molecule has 0 saturated carbocycles. The average Bonchev–Trinajstić information content (AvgIpc) is 3.12. The molecular weight excluding hydrogens is 738 g/mol. The molecule has 0 unspecified atom stereocenters. The molecule has 0 aromatic heterocycles. The van der Waals surface area contributed by atoms with Crippen molar-refractivity contribution in [2.24, 2.45) is 0 Å². The summed E-state index contributed by atoms with van der Waals surface area (Å²) in [7, 11) is 8.84. The van der Waals surface area contributed by atoms with Crippen LogP contribution in [-0.2, 0) is 43.6 Å². The molecule has 13 atom stereocenters. The zero-order valence-corrected chi connectivity index (χ0v) is 32.8. The zero-order valence-electron chi connectivity index (χ0n) is 32.8. The molecule has 2 aliphatic carbocycles. The number of phenols is 2. The Morgan fingerprint density at radius 1 is 0.946 bits per heavy atom. The van der Waals surface area contributed by atoms with Gasteiger partial charge in [0.25, 0.3) is 0 Å². The van der Waals surface area contributed by atoms with E-state index in [1.165, 1.54) is 41.2 Å². The standard InChI is InChI=1S/C39H49NO16/c1-14-32(49-7)39(4,52-10)33(50-8)36(53-14)54-19-13-37(2,48)24(34(47)51-9)15-11-16-21(27(43)20(15)19)28(44)22-18(41)12-17-30(23(22)26(16)42)55-35-29(45)25(40(5)6)31(46)38(17,3)56-35/h11-12,14,19,24-25,29,31-33,35-36,41,43,45-46,48H,13H2,1-10H3/t14-,19+,24+,25+,29-,31-,32+,33-,35+,36+,37+,38-,39+/m1/s1. The second-order valence-corrected chi connectivity index (χ2v) is 16.0. The van der Waals surface area contributed by atoms with E-state index < -0.39 is 124 Å². The number of aliphatic hydroxyl groups excluding tert-OH is 2. The number of hydrogen-bond acceptors (Lipinski definition) is 17. The molecule has 2 bridgehead atoms. The van der Waals surface area contributed by atoms with Crippen LogP contribution >= 0.6 is 0 Å². The van der Waals surface area contributed by atoms with E-state index in [4.69, 9.17) is 37.9 Å². The summed E-state index contributed by atoms with van der Waals surface area (Å²) in [6, 6.07) is 1.50. The van der Waals surface area contributed by atoms with Crippen molar-refractivity contribution in [3.63, 3.8) is 0 Å². The number of esters is 1. The number of methoxy groups -OCH3 is 4. The molecule has 5 N–H and O–H groups in total. The predicted octanol–water partition coefficient (Wildman–Crippen LogP) is 1.14. The molecular formula is C39H49NO16. The number of nitrogens with zero attached hydrogens (tertiary/aromatic N) is 1. The second-order valence-electron chi connectivity index (χ2n) is 16.0. The van der Waals surface area contributed by atoms with Crippen molar-refractivity contribution in [3.05, 3.63) is 51.1 Å². The van der Waals surface area contributed by atoms with Crippen LogP contribution in [0.2, 0.25) is 0 Å². The van der Waals surface area contributed by atoms with E-state index in [1.807, 2.05) is 0 Å². The van der Waals surface area contributed by atoms with Gasteiger partial charge in [-0.15, -0.1) is 0 Å². The molecule has 7 rings (SSSR count). The first-order chi connectivity index (χ1) is 26.2. The number of ketones is 2. The Morgan fingerprint density at radius 2 is 1.61 bits per heavy atom. The summed E-state index contributed by atoms with van der Waals surface area (Å²) in [5, 5.41) is 58.3. The number of ether oxygens (including phenoxy) is 8. The Morgan fingerprint density at radius 3 is 2.20 bits per heavy atom. The normalized spacial score (nSPS) is 38.6. The topological polar surface area (TPSA) is 229 Å². The molecule has 2 aromatic carbocycles. The van der Waals surface area contributed by atoms with Crippen LogP contribution in [0.25, 0.3) is 0 Å². The lowest BCUT2D eigenvalue weighted by Crippen LogP contribution is -2.68. The van der Waals surface area contributed by atoms with Crippen molar-refractivity contribution in [1.29, 1.82) is 0 Å². The number of carbonyl (C=O) groups excluding carboxylic acids is 3. The van der Waals surface area contributed by atoms with E-state index in [0.29, 0.717) is 0 Å². The van der Waals surface area contributed by atoms with Crippen molar-refractivity contribution in [2.45, 2.75) is 112 Å². The Hall–Kier alpha value is -3.75. The summed E-state index contributed by atoms with van der Waals surface area (Å²) in [6.07, 6.45) is -9.16. The summed E-state index contributed by atoms with van der Waals surface area (Å²) in [6.45, 7) is 6.40. The molecule has 3 heterocycles. The number of likely N-dealkylation sites (N-methyl/N-ethyl adjacent to an activating group) is 1. The van der Waals surface area contributed by atoms with Gasteiger partial charge in [0.05, 0.1) is 47.7 Å². The van der Waals surface area contributed by atoms with Crippen LogP contribution in [-0.4, -0.2) is 151 Å². The van der Waals surface area contributed by atoms with Gasteiger partial charge < -0.3 is 68.3 Å². The highest BCUT2D eigenvalue weighted by molar-refractivity contribution is 6.31. The molecule has 2 aromatic rings. The third-order valence-corrected chi connectivity index (χ3v) is 12.5. The van der Waals surface area contributed by atoms with Crippen molar-refractivity contribution >= 4 is 17.5 Å². The van der Waals surface area contributed by atoms with E-state index in [9.17, 15) is 39.9 Å². The fourth-order valence-corrected chi connectivity index (χ4v) is 9.68. The highest BCUT2D eigenvalue weighted by Gasteiger charge is 2.60. The third kappa shape index (κ3) is 5.47. The molecule has 0 radical (unpaired) electrons. The minimum absolute atomic E-state index is 0.0417. The molecule has 5 aliphatic rings. The van der Waals surface area contributed by atoms with Crippen LogP contribution in [0.4, 0.5) is 0 Å². The Kier molecular flexibility index (Phi) is 9.88. The third-order valence-electron chi connectivity index (χ3n) is 12.5. The van der Waals surface area contributed by atoms with Crippen LogP contribution in [0.1, 0.15) is 94.7 Å². The first-order valence-electron chi connectivity index (χ1n) is 18.2. The van der Waals surface area contributed by atoms with Crippen molar-refractivity contribution in [3.8, 4) is 17.2 Å². The van der Waals surface area contributed by atoms with E-state index in [0.717, 1.165) is 13.2 Å². The number of benzene rings is 2. The maximum absolute atomic E-state index is 14.8. The Balaban J connectivity index is 1.40. The van der Waals surface area contributed by atoms with E-state index >= 15 is 0 Å². The predicted molar refractivity (Wildman–Crippen MR) is 191 cm³/mol. The van der Waals surface area contributed by atoms with Crippen LogP contribution in [0, 0.1) is 0 Å². The summed E-state index contributed by atoms with van der Waals surface area (Å²) in [5.41, 5.74) is -6.55. The first kappa shape index (κ1) is 40.4. The Labute approximate surface area is 322 Å².